The fraction of sp³-hybridized carbons (Fsp3) is 0.409. The van der Waals surface area contributed by atoms with E-state index in [0.29, 0.717) is 22.5 Å². The monoisotopic (exact) mass is 414 g/mol. The van der Waals surface area contributed by atoms with Crippen molar-refractivity contribution in [1.82, 2.24) is 14.8 Å². The summed E-state index contributed by atoms with van der Waals surface area (Å²) in [6.45, 7) is 1.96. The smallest absolute Gasteiger partial charge is 0.274 e. The molecule has 158 valence electrons. The summed E-state index contributed by atoms with van der Waals surface area (Å²) < 4.78 is 29.2. The number of aryl methyl sites for hydroxylation is 1. The summed E-state index contributed by atoms with van der Waals surface area (Å²) in [6.07, 6.45) is 2.72. The van der Waals surface area contributed by atoms with Gasteiger partial charge < -0.3 is 10.4 Å². The maximum atomic E-state index is 13.7. The van der Waals surface area contributed by atoms with Gasteiger partial charge in [0.2, 0.25) is 0 Å². The van der Waals surface area contributed by atoms with Gasteiger partial charge in [0, 0.05) is 29.4 Å². The van der Waals surface area contributed by atoms with Crippen molar-refractivity contribution in [2.45, 2.75) is 45.1 Å². The number of carbonyl (C=O) groups excluding carboxylic acids is 1. The van der Waals surface area contributed by atoms with Crippen LogP contribution in [-0.4, -0.2) is 32.4 Å². The largest absolute Gasteiger partial charge is 0.396 e. The number of pyridine rings is 1. The third-order valence-electron chi connectivity index (χ3n) is 5.75. The molecule has 4 rings (SSSR count). The molecule has 1 fully saturated rings. The molecule has 0 bridgehead atoms. The van der Waals surface area contributed by atoms with Crippen molar-refractivity contribution < 1.29 is 18.7 Å². The zero-order chi connectivity index (χ0) is 21.3. The van der Waals surface area contributed by atoms with E-state index < -0.39 is 12.3 Å². The quantitative estimate of drug-likeness (QED) is 0.637. The van der Waals surface area contributed by atoms with E-state index in [-0.39, 0.29) is 29.6 Å². The van der Waals surface area contributed by atoms with E-state index in [9.17, 15) is 18.7 Å². The lowest BCUT2D eigenvalue weighted by atomic mass is 9.87. The SMILES string of the molecule is Cc1cccc(C(=O)Nc2cc3cn(C4CCC(CO)CC4)nc3cc2C(F)F)n1. The number of hydrogen-bond acceptors (Lipinski definition) is 4. The van der Waals surface area contributed by atoms with Gasteiger partial charge in [0.25, 0.3) is 12.3 Å². The minimum absolute atomic E-state index is 0.0642. The van der Waals surface area contributed by atoms with Crippen molar-refractivity contribution in [1.29, 1.82) is 0 Å². The van der Waals surface area contributed by atoms with E-state index in [0.717, 1.165) is 25.7 Å². The first-order valence-corrected chi connectivity index (χ1v) is 10.1. The third-order valence-corrected chi connectivity index (χ3v) is 5.75. The Hall–Kier alpha value is -2.87. The van der Waals surface area contributed by atoms with Crippen LogP contribution < -0.4 is 5.32 Å². The Labute approximate surface area is 172 Å². The number of fused-ring (bicyclic) bond motifs is 1. The molecule has 2 N–H and O–H groups in total. The molecule has 0 radical (unpaired) electrons. The maximum Gasteiger partial charge on any atom is 0.274 e. The number of aliphatic hydroxyl groups excluding tert-OH is 1. The van der Waals surface area contributed by atoms with Gasteiger partial charge in [-0.25, -0.2) is 13.8 Å². The van der Waals surface area contributed by atoms with E-state index in [1.165, 1.54) is 6.07 Å². The van der Waals surface area contributed by atoms with Gasteiger partial charge in [-0.15, -0.1) is 0 Å². The first kappa shape index (κ1) is 20.4. The predicted octanol–water partition coefficient (Wildman–Crippen LogP) is 4.65. The standard InChI is InChI=1S/C22H24F2N4O2/c1-13-3-2-4-18(25-13)22(30)26-20-9-15-11-28(16-7-5-14(12-29)6-8-16)27-19(15)10-17(20)21(23)24/h2-4,9-11,14,16,21,29H,5-8,12H2,1H3,(H,26,30). The second-order valence-electron chi connectivity index (χ2n) is 7.88. The summed E-state index contributed by atoms with van der Waals surface area (Å²) in [5.74, 6) is -0.205. The Morgan fingerprint density at radius 2 is 2.03 bits per heavy atom. The maximum absolute atomic E-state index is 13.7. The van der Waals surface area contributed by atoms with E-state index in [1.807, 2.05) is 10.9 Å². The molecule has 0 saturated heterocycles. The summed E-state index contributed by atoms with van der Waals surface area (Å²) in [6, 6.07) is 8.08. The van der Waals surface area contributed by atoms with Crippen LogP contribution in [0.4, 0.5) is 14.5 Å². The summed E-state index contributed by atoms with van der Waals surface area (Å²) in [5.41, 5.74) is 1.12. The van der Waals surface area contributed by atoms with Crippen molar-refractivity contribution in [3.05, 3.63) is 53.5 Å². The number of benzene rings is 1. The fourth-order valence-corrected chi connectivity index (χ4v) is 4.03. The number of amides is 1. The van der Waals surface area contributed by atoms with Gasteiger partial charge in [0.05, 0.1) is 17.2 Å². The van der Waals surface area contributed by atoms with Crippen LogP contribution in [0, 0.1) is 12.8 Å². The first-order chi connectivity index (χ1) is 14.4. The lowest BCUT2D eigenvalue weighted by molar-refractivity contribution is 0.102. The zero-order valence-electron chi connectivity index (χ0n) is 16.7. The lowest BCUT2D eigenvalue weighted by Gasteiger charge is -2.27. The number of rotatable bonds is 5. The predicted molar refractivity (Wildman–Crippen MR) is 110 cm³/mol. The molecule has 1 amide bonds. The van der Waals surface area contributed by atoms with Crippen molar-refractivity contribution in [3.8, 4) is 0 Å². The van der Waals surface area contributed by atoms with E-state index >= 15 is 0 Å². The van der Waals surface area contributed by atoms with Crippen LogP contribution in [0.2, 0.25) is 0 Å². The lowest BCUT2D eigenvalue weighted by Crippen LogP contribution is -2.20. The number of halogens is 2. The molecule has 6 nitrogen and oxygen atoms in total. The number of alkyl halides is 2. The molecule has 0 aliphatic heterocycles. The van der Waals surface area contributed by atoms with Crippen molar-refractivity contribution in [2.24, 2.45) is 5.92 Å². The zero-order valence-corrected chi connectivity index (χ0v) is 16.7. The Morgan fingerprint density at radius 3 is 2.70 bits per heavy atom. The molecule has 0 unspecified atom stereocenters. The Bertz CT molecular complexity index is 1060. The van der Waals surface area contributed by atoms with Crippen molar-refractivity contribution in [2.75, 3.05) is 11.9 Å². The molecule has 1 saturated carbocycles. The highest BCUT2D eigenvalue weighted by Gasteiger charge is 2.24. The molecule has 0 spiro atoms. The molecule has 8 heteroatoms. The fourth-order valence-electron chi connectivity index (χ4n) is 4.03. The molecule has 30 heavy (non-hydrogen) atoms. The first-order valence-electron chi connectivity index (χ1n) is 10.1. The molecular weight excluding hydrogens is 390 g/mol. The number of hydrogen-bond donors (Lipinski definition) is 2. The Morgan fingerprint density at radius 1 is 1.27 bits per heavy atom. The number of nitrogens with zero attached hydrogens (tertiary/aromatic N) is 3. The van der Waals surface area contributed by atoms with Crippen LogP contribution >= 0.6 is 0 Å². The van der Waals surface area contributed by atoms with Gasteiger partial charge in [-0.1, -0.05) is 6.07 Å². The summed E-state index contributed by atoms with van der Waals surface area (Å²) in [5, 5.41) is 17.1. The minimum atomic E-state index is -2.75. The van der Waals surface area contributed by atoms with E-state index in [4.69, 9.17) is 0 Å². The summed E-state index contributed by atoms with van der Waals surface area (Å²) in [4.78, 5) is 16.7. The molecular formula is C22H24F2N4O2. The Balaban J connectivity index is 1.62. The molecule has 1 aliphatic rings. The summed E-state index contributed by atoms with van der Waals surface area (Å²) in [7, 11) is 0. The van der Waals surface area contributed by atoms with E-state index in [1.54, 1.807) is 31.2 Å². The number of aromatic nitrogens is 3. The van der Waals surface area contributed by atoms with Crippen LogP contribution in [0.15, 0.2) is 36.5 Å². The number of nitrogens with one attached hydrogen (secondary N) is 1. The molecule has 2 aromatic heterocycles. The van der Waals surface area contributed by atoms with Crippen LogP contribution in [0.25, 0.3) is 10.9 Å². The molecule has 2 heterocycles. The molecule has 1 aromatic carbocycles. The van der Waals surface area contributed by atoms with Gasteiger partial charge >= 0.3 is 0 Å². The van der Waals surface area contributed by atoms with Crippen LogP contribution in [0.3, 0.4) is 0 Å². The second kappa shape index (κ2) is 8.47. The van der Waals surface area contributed by atoms with Crippen LogP contribution in [0.1, 0.15) is 59.9 Å². The highest BCUT2D eigenvalue weighted by molar-refractivity contribution is 6.04. The van der Waals surface area contributed by atoms with Gasteiger partial charge in [-0.2, -0.15) is 5.10 Å². The van der Waals surface area contributed by atoms with Crippen LogP contribution in [-0.2, 0) is 0 Å². The number of anilines is 1. The summed E-state index contributed by atoms with van der Waals surface area (Å²) >= 11 is 0. The molecule has 1 aliphatic carbocycles. The number of carbonyl (C=O) groups is 1. The van der Waals surface area contributed by atoms with Gasteiger partial charge in [0.15, 0.2) is 0 Å². The second-order valence-corrected chi connectivity index (χ2v) is 7.88. The highest BCUT2D eigenvalue weighted by atomic mass is 19.3. The minimum Gasteiger partial charge on any atom is -0.396 e. The molecule has 0 atom stereocenters. The van der Waals surface area contributed by atoms with Gasteiger partial charge in [-0.3, -0.25) is 9.48 Å². The van der Waals surface area contributed by atoms with Crippen LogP contribution in [0.5, 0.6) is 0 Å². The molecule has 3 aromatic rings. The topological polar surface area (TPSA) is 80.0 Å². The average molecular weight is 414 g/mol. The van der Waals surface area contributed by atoms with E-state index in [2.05, 4.69) is 15.4 Å². The van der Waals surface area contributed by atoms with Gasteiger partial charge in [0.1, 0.15) is 5.69 Å². The normalized spacial score (nSPS) is 19.4. The average Bonchev–Trinajstić information content (AvgIpc) is 3.16. The Kier molecular flexibility index (Phi) is 5.76. The van der Waals surface area contributed by atoms with Crippen molar-refractivity contribution >= 4 is 22.5 Å². The van der Waals surface area contributed by atoms with Gasteiger partial charge in [-0.05, 0) is 62.8 Å². The van der Waals surface area contributed by atoms with Crippen molar-refractivity contribution in [3.63, 3.8) is 0 Å². The number of aliphatic hydroxyl groups is 1. The highest BCUT2D eigenvalue weighted by Crippen LogP contribution is 2.35. The third kappa shape index (κ3) is 4.18.